The summed E-state index contributed by atoms with van der Waals surface area (Å²) in [4.78, 5) is 35.2. The van der Waals surface area contributed by atoms with Crippen LogP contribution in [-0.2, 0) is 19.1 Å². The van der Waals surface area contributed by atoms with Crippen LogP contribution in [0.3, 0.4) is 0 Å². The Bertz CT molecular complexity index is 481. The maximum atomic E-state index is 12.1. The molecular formula is C19H33NO5S. The van der Waals surface area contributed by atoms with Crippen molar-refractivity contribution in [2.75, 3.05) is 12.4 Å². The third kappa shape index (κ3) is 9.46. The lowest BCUT2D eigenvalue weighted by Crippen LogP contribution is -2.42. The second-order valence-electron chi connectivity index (χ2n) is 7.85. The Balaban J connectivity index is 2.53. The number of amides is 1. The maximum absolute atomic E-state index is 12.1. The third-order valence-corrected chi connectivity index (χ3v) is 5.27. The molecule has 1 aliphatic rings. The summed E-state index contributed by atoms with van der Waals surface area (Å²) in [5, 5.41) is 2.94. The Hall–Kier alpha value is -1.24. The Morgan fingerprint density at radius 1 is 1.15 bits per heavy atom. The van der Waals surface area contributed by atoms with Gasteiger partial charge in [0.05, 0.1) is 12.5 Å². The average Bonchev–Trinajstić information content (AvgIpc) is 2.51. The molecule has 0 saturated heterocycles. The van der Waals surface area contributed by atoms with E-state index in [1.807, 2.05) is 27.7 Å². The van der Waals surface area contributed by atoms with Crippen LogP contribution in [0.1, 0.15) is 66.7 Å². The molecule has 0 radical (unpaired) electrons. The molecule has 0 aromatic rings. The second kappa shape index (κ2) is 10.8. The highest BCUT2D eigenvalue weighted by atomic mass is 32.2. The van der Waals surface area contributed by atoms with Crippen molar-refractivity contribution in [2.24, 2.45) is 11.8 Å². The number of rotatable bonds is 7. The van der Waals surface area contributed by atoms with Crippen LogP contribution in [0, 0.1) is 11.8 Å². The Kier molecular flexibility index (Phi) is 9.47. The number of nitrogens with one attached hydrogen (secondary N) is 1. The van der Waals surface area contributed by atoms with E-state index in [2.05, 4.69) is 5.32 Å². The maximum Gasteiger partial charge on any atom is 0.407 e. The lowest BCUT2D eigenvalue weighted by atomic mass is 9.79. The van der Waals surface area contributed by atoms with E-state index in [0.717, 1.165) is 32.1 Å². The van der Waals surface area contributed by atoms with Gasteiger partial charge in [-0.1, -0.05) is 11.8 Å². The van der Waals surface area contributed by atoms with Gasteiger partial charge < -0.3 is 14.8 Å². The minimum absolute atomic E-state index is 0.00457. The summed E-state index contributed by atoms with van der Waals surface area (Å²) in [6.07, 6.45) is 3.84. The SMILES string of the molecule is CCOC(=O)C1CCC(CC(CSC(C)=O)NC(=O)OC(C)(C)C)CC1. The summed E-state index contributed by atoms with van der Waals surface area (Å²) >= 11 is 1.22. The number of hydrogen-bond donors (Lipinski definition) is 1. The van der Waals surface area contributed by atoms with Crippen LogP contribution < -0.4 is 5.32 Å². The molecule has 1 fully saturated rings. The predicted octanol–water partition coefficient (Wildman–Crippen LogP) is 3.92. The van der Waals surface area contributed by atoms with E-state index in [4.69, 9.17) is 9.47 Å². The molecule has 26 heavy (non-hydrogen) atoms. The lowest BCUT2D eigenvalue weighted by molar-refractivity contribution is -0.149. The standard InChI is InChI=1S/C19H33NO5S/c1-6-24-17(22)15-9-7-14(8-10-15)11-16(12-26-13(2)21)20-18(23)25-19(3,4)5/h14-16H,6-12H2,1-5H3,(H,20,23). The van der Waals surface area contributed by atoms with Crippen LogP contribution in [-0.4, -0.2) is 41.2 Å². The molecule has 1 unspecified atom stereocenters. The van der Waals surface area contributed by atoms with Gasteiger partial charge in [0, 0.05) is 18.7 Å². The molecule has 1 atom stereocenters. The smallest absolute Gasteiger partial charge is 0.407 e. The summed E-state index contributed by atoms with van der Waals surface area (Å²) in [5.74, 6) is 0.858. The number of thioether (sulfide) groups is 1. The van der Waals surface area contributed by atoms with Crippen LogP contribution in [0.2, 0.25) is 0 Å². The number of ether oxygens (including phenoxy) is 2. The van der Waals surface area contributed by atoms with Crippen LogP contribution >= 0.6 is 11.8 Å². The van der Waals surface area contributed by atoms with Gasteiger partial charge in [-0.05, 0) is 65.7 Å². The normalized spacial score (nSPS) is 21.6. The molecule has 0 heterocycles. The zero-order valence-electron chi connectivity index (χ0n) is 16.6. The van der Waals surface area contributed by atoms with E-state index in [9.17, 15) is 14.4 Å². The van der Waals surface area contributed by atoms with Crippen molar-refractivity contribution in [3.05, 3.63) is 0 Å². The fourth-order valence-corrected chi connectivity index (χ4v) is 3.81. The molecule has 7 heteroatoms. The van der Waals surface area contributed by atoms with Crippen molar-refractivity contribution in [2.45, 2.75) is 78.4 Å². The molecule has 1 amide bonds. The Morgan fingerprint density at radius 3 is 2.27 bits per heavy atom. The highest BCUT2D eigenvalue weighted by Crippen LogP contribution is 2.32. The van der Waals surface area contributed by atoms with Crippen LogP contribution in [0.4, 0.5) is 4.79 Å². The number of carbonyl (C=O) groups is 3. The molecule has 150 valence electrons. The van der Waals surface area contributed by atoms with E-state index >= 15 is 0 Å². The van der Waals surface area contributed by atoms with Gasteiger partial charge in [-0.25, -0.2) is 4.79 Å². The molecule has 1 aliphatic carbocycles. The van der Waals surface area contributed by atoms with Gasteiger partial charge in [0.15, 0.2) is 5.12 Å². The number of hydrogen-bond acceptors (Lipinski definition) is 6. The monoisotopic (exact) mass is 387 g/mol. The summed E-state index contributed by atoms with van der Waals surface area (Å²) in [6.45, 7) is 9.24. The van der Waals surface area contributed by atoms with E-state index in [-0.39, 0.29) is 23.0 Å². The number of carbonyl (C=O) groups excluding carboxylic acids is 3. The topological polar surface area (TPSA) is 81.7 Å². The van der Waals surface area contributed by atoms with Crippen molar-refractivity contribution in [1.29, 1.82) is 0 Å². The minimum Gasteiger partial charge on any atom is -0.466 e. The second-order valence-corrected chi connectivity index (χ2v) is 9.05. The largest absolute Gasteiger partial charge is 0.466 e. The van der Waals surface area contributed by atoms with Crippen molar-refractivity contribution in [3.63, 3.8) is 0 Å². The van der Waals surface area contributed by atoms with Gasteiger partial charge in [-0.2, -0.15) is 0 Å². The first-order valence-electron chi connectivity index (χ1n) is 9.40. The fraction of sp³-hybridized carbons (Fsp3) is 0.842. The molecular weight excluding hydrogens is 354 g/mol. The summed E-state index contributed by atoms with van der Waals surface area (Å²) in [6, 6.07) is -0.122. The molecule has 1 N–H and O–H groups in total. The van der Waals surface area contributed by atoms with Gasteiger partial charge in [0.25, 0.3) is 0 Å². The van der Waals surface area contributed by atoms with Gasteiger partial charge in [0.2, 0.25) is 0 Å². The quantitative estimate of drug-likeness (QED) is 0.667. The van der Waals surface area contributed by atoms with E-state index in [1.165, 1.54) is 18.7 Å². The molecule has 6 nitrogen and oxygen atoms in total. The molecule has 1 saturated carbocycles. The predicted molar refractivity (Wildman–Crippen MR) is 103 cm³/mol. The fourth-order valence-electron chi connectivity index (χ4n) is 3.16. The zero-order chi connectivity index (χ0) is 19.7. The summed E-state index contributed by atoms with van der Waals surface area (Å²) < 4.78 is 10.4. The third-order valence-electron chi connectivity index (χ3n) is 4.29. The molecule has 0 aromatic heterocycles. The van der Waals surface area contributed by atoms with Gasteiger partial charge in [-0.3, -0.25) is 9.59 Å². The summed E-state index contributed by atoms with van der Waals surface area (Å²) in [5.41, 5.74) is -0.556. The molecule has 0 aromatic carbocycles. The average molecular weight is 388 g/mol. The van der Waals surface area contributed by atoms with Crippen molar-refractivity contribution >= 4 is 28.9 Å². The van der Waals surface area contributed by atoms with Crippen molar-refractivity contribution in [1.82, 2.24) is 5.32 Å². The lowest BCUT2D eigenvalue weighted by Gasteiger charge is -2.30. The first-order chi connectivity index (χ1) is 12.1. The Morgan fingerprint density at radius 2 is 1.77 bits per heavy atom. The van der Waals surface area contributed by atoms with Crippen molar-refractivity contribution < 1.29 is 23.9 Å². The van der Waals surface area contributed by atoms with Crippen molar-refractivity contribution in [3.8, 4) is 0 Å². The van der Waals surface area contributed by atoms with E-state index in [1.54, 1.807) is 0 Å². The summed E-state index contributed by atoms with van der Waals surface area (Å²) in [7, 11) is 0. The van der Waals surface area contributed by atoms with Gasteiger partial charge in [-0.15, -0.1) is 0 Å². The minimum atomic E-state index is -0.556. The molecule has 0 spiro atoms. The van der Waals surface area contributed by atoms with Gasteiger partial charge in [0.1, 0.15) is 5.60 Å². The molecule has 0 bridgehead atoms. The zero-order valence-corrected chi connectivity index (χ0v) is 17.4. The molecule has 1 rings (SSSR count). The number of esters is 1. The van der Waals surface area contributed by atoms with Crippen LogP contribution in [0.5, 0.6) is 0 Å². The highest BCUT2D eigenvalue weighted by molar-refractivity contribution is 8.13. The van der Waals surface area contributed by atoms with E-state index < -0.39 is 11.7 Å². The van der Waals surface area contributed by atoms with Crippen LogP contribution in [0.15, 0.2) is 0 Å². The first kappa shape index (κ1) is 22.8. The Labute approximate surface area is 161 Å². The highest BCUT2D eigenvalue weighted by Gasteiger charge is 2.29. The van der Waals surface area contributed by atoms with Gasteiger partial charge >= 0.3 is 12.1 Å². The number of alkyl carbamates (subject to hydrolysis) is 1. The van der Waals surface area contributed by atoms with E-state index in [0.29, 0.717) is 18.3 Å². The first-order valence-corrected chi connectivity index (χ1v) is 10.4. The van der Waals surface area contributed by atoms with Crippen LogP contribution in [0.25, 0.3) is 0 Å². The molecule has 0 aliphatic heterocycles.